The van der Waals surface area contributed by atoms with Crippen molar-refractivity contribution in [2.45, 2.75) is 37.8 Å². The lowest BCUT2D eigenvalue weighted by molar-refractivity contribution is 0.102. The normalized spacial score (nSPS) is 18.9. The maximum atomic E-state index is 12.4. The Labute approximate surface area is 166 Å². The lowest BCUT2D eigenvalue weighted by Crippen LogP contribution is -2.28. The van der Waals surface area contributed by atoms with Crippen LogP contribution < -0.4 is 15.8 Å². The number of nitrogens with two attached hydrogens (primary N) is 1. The molecule has 148 valence electrons. The van der Waals surface area contributed by atoms with E-state index in [0.717, 1.165) is 25.7 Å². The van der Waals surface area contributed by atoms with Crippen molar-refractivity contribution in [2.75, 3.05) is 5.32 Å². The van der Waals surface area contributed by atoms with E-state index in [1.165, 1.54) is 0 Å². The Bertz CT molecular complexity index is 889. The number of nitrogens with zero attached hydrogens (tertiary/aromatic N) is 6. The van der Waals surface area contributed by atoms with Crippen molar-refractivity contribution in [3.8, 4) is 11.8 Å². The van der Waals surface area contributed by atoms with E-state index < -0.39 is 0 Å². The molecule has 0 aliphatic heterocycles. The van der Waals surface area contributed by atoms with Crippen LogP contribution in [0.4, 0.5) is 5.69 Å². The first kappa shape index (κ1) is 19.7. The van der Waals surface area contributed by atoms with E-state index in [1.807, 2.05) is 0 Å². The van der Waals surface area contributed by atoms with Crippen molar-refractivity contribution in [1.82, 2.24) is 35.6 Å². The number of rotatable bonds is 5. The van der Waals surface area contributed by atoms with E-state index in [4.69, 9.17) is 10.5 Å². The van der Waals surface area contributed by atoms with Crippen LogP contribution in [0.15, 0.2) is 30.5 Å². The van der Waals surface area contributed by atoms with Crippen LogP contribution in [-0.2, 0) is 0 Å². The third-order valence-electron chi connectivity index (χ3n) is 4.51. The second-order valence-corrected chi connectivity index (χ2v) is 6.43. The highest BCUT2D eigenvalue weighted by molar-refractivity contribution is 6.02. The number of aromatic nitrogens is 7. The van der Waals surface area contributed by atoms with Crippen molar-refractivity contribution < 1.29 is 9.53 Å². The molecule has 1 amide bonds. The molecule has 0 atom stereocenters. The van der Waals surface area contributed by atoms with Gasteiger partial charge in [0.15, 0.2) is 5.69 Å². The van der Waals surface area contributed by atoms with Crippen LogP contribution >= 0.6 is 12.4 Å². The standard InChI is InChI=1S/C16H19N9O2.ClH/c17-10-1-5-12(6-2-10)25-9-14(19-24-25)15(26)18-11-3-7-13(8-4-11)27-16-20-22-23-21-16;/h3-4,7-10,12H,1-2,5-6,17H2,(H,18,26)(H,20,21,22,23);1H. The first-order chi connectivity index (χ1) is 13.2. The summed E-state index contributed by atoms with van der Waals surface area (Å²) in [5.74, 6) is 0.205. The minimum Gasteiger partial charge on any atom is -0.422 e. The Balaban J connectivity index is 0.00000225. The smallest absolute Gasteiger partial charge is 0.361 e. The number of halogens is 1. The number of carbonyl (C=O) groups excluding carboxylic acids is 1. The van der Waals surface area contributed by atoms with E-state index >= 15 is 0 Å². The molecule has 1 aromatic carbocycles. The summed E-state index contributed by atoms with van der Waals surface area (Å²) < 4.78 is 7.14. The summed E-state index contributed by atoms with van der Waals surface area (Å²) in [5.41, 5.74) is 6.82. The topological polar surface area (TPSA) is 150 Å². The molecule has 0 saturated heterocycles. The van der Waals surface area contributed by atoms with Crippen molar-refractivity contribution in [3.05, 3.63) is 36.2 Å². The molecule has 0 bridgehead atoms. The first-order valence-corrected chi connectivity index (χ1v) is 8.67. The van der Waals surface area contributed by atoms with Crippen molar-refractivity contribution >= 4 is 24.0 Å². The second-order valence-electron chi connectivity index (χ2n) is 6.43. The quantitative estimate of drug-likeness (QED) is 0.580. The van der Waals surface area contributed by atoms with Crippen LogP contribution in [0, 0.1) is 0 Å². The number of anilines is 1. The summed E-state index contributed by atoms with van der Waals surface area (Å²) in [4.78, 5) is 12.4. The Morgan fingerprint density at radius 3 is 2.61 bits per heavy atom. The fraction of sp³-hybridized carbons (Fsp3) is 0.375. The molecule has 28 heavy (non-hydrogen) atoms. The molecule has 0 unspecified atom stereocenters. The minimum atomic E-state index is -0.319. The number of hydrogen-bond acceptors (Lipinski definition) is 8. The number of tetrazole rings is 1. The van der Waals surface area contributed by atoms with Gasteiger partial charge in [-0.25, -0.2) is 4.68 Å². The predicted molar refractivity (Wildman–Crippen MR) is 101 cm³/mol. The number of amides is 1. The maximum Gasteiger partial charge on any atom is 0.361 e. The maximum absolute atomic E-state index is 12.4. The number of benzene rings is 1. The zero-order valence-corrected chi connectivity index (χ0v) is 15.7. The zero-order chi connectivity index (χ0) is 18.6. The van der Waals surface area contributed by atoms with Crippen molar-refractivity contribution in [2.24, 2.45) is 5.73 Å². The first-order valence-electron chi connectivity index (χ1n) is 8.67. The zero-order valence-electron chi connectivity index (χ0n) is 14.9. The molecule has 1 fully saturated rings. The molecule has 1 saturated carbocycles. The van der Waals surface area contributed by atoms with E-state index in [0.29, 0.717) is 11.4 Å². The summed E-state index contributed by atoms with van der Waals surface area (Å²) in [6.45, 7) is 0. The third-order valence-corrected chi connectivity index (χ3v) is 4.51. The molecule has 11 nitrogen and oxygen atoms in total. The summed E-state index contributed by atoms with van der Waals surface area (Å²) in [6, 6.07) is 7.43. The summed E-state index contributed by atoms with van der Waals surface area (Å²) in [6.07, 6.45) is 5.51. The number of aromatic amines is 1. The van der Waals surface area contributed by atoms with Crippen molar-refractivity contribution in [3.63, 3.8) is 0 Å². The van der Waals surface area contributed by atoms with Gasteiger partial charge in [0.05, 0.1) is 12.2 Å². The van der Waals surface area contributed by atoms with Crippen LogP contribution in [0.25, 0.3) is 0 Å². The number of H-pyrrole nitrogens is 1. The SMILES string of the molecule is Cl.NC1CCC(n2cc(C(=O)Nc3ccc(Oc4nn[nH]n4)cc3)nn2)CC1. The van der Waals surface area contributed by atoms with Gasteiger partial charge >= 0.3 is 6.01 Å². The van der Waals surface area contributed by atoms with E-state index in [-0.39, 0.29) is 42.1 Å². The Morgan fingerprint density at radius 1 is 1.18 bits per heavy atom. The highest BCUT2D eigenvalue weighted by Crippen LogP contribution is 2.27. The third kappa shape index (κ3) is 4.61. The summed E-state index contributed by atoms with van der Waals surface area (Å²) in [7, 11) is 0. The molecule has 12 heteroatoms. The molecule has 4 rings (SSSR count). The van der Waals surface area contributed by atoms with Gasteiger partial charge in [0, 0.05) is 11.7 Å². The number of nitrogens with one attached hydrogen (secondary N) is 2. The van der Waals surface area contributed by atoms with Gasteiger partial charge in [0.1, 0.15) is 5.75 Å². The lowest BCUT2D eigenvalue weighted by Gasteiger charge is -2.25. The fourth-order valence-electron chi connectivity index (χ4n) is 3.03. The van der Waals surface area contributed by atoms with Gasteiger partial charge in [-0.15, -0.1) is 17.5 Å². The van der Waals surface area contributed by atoms with Gasteiger partial charge in [0.25, 0.3) is 5.91 Å². The molecule has 0 spiro atoms. The van der Waals surface area contributed by atoms with Crippen LogP contribution in [0.5, 0.6) is 11.8 Å². The van der Waals surface area contributed by atoms with Gasteiger partial charge in [-0.3, -0.25) is 4.79 Å². The van der Waals surface area contributed by atoms with Gasteiger partial charge in [-0.2, -0.15) is 5.21 Å². The fourth-order valence-corrected chi connectivity index (χ4v) is 3.03. The molecule has 4 N–H and O–H groups in total. The summed E-state index contributed by atoms with van der Waals surface area (Å²) >= 11 is 0. The Morgan fingerprint density at radius 2 is 1.93 bits per heavy atom. The highest BCUT2D eigenvalue weighted by Gasteiger charge is 2.22. The van der Waals surface area contributed by atoms with Crippen LogP contribution in [0.1, 0.15) is 42.2 Å². The molecule has 0 radical (unpaired) electrons. The average Bonchev–Trinajstić information content (AvgIpc) is 3.36. The Hall–Kier alpha value is -3.05. The van der Waals surface area contributed by atoms with Crippen molar-refractivity contribution in [1.29, 1.82) is 0 Å². The molecule has 2 heterocycles. The van der Waals surface area contributed by atoms with E-state index in [1.54, 1.807) is 35.1 Å². The monoisotopic (exact) mass is 405 g/mol. The van der Waals surface area contributed by atoms with Gasteiger partial charge in [0.2, 0.25) is 0 Å². The molecule has 1 aliphatic rings. The van der Waals surface area contributed by atoms with Gasteiger partial charge < -0.3 is 15.8 Å². The number of hydrogen-bond donors (Lipinski definition) is 3. The van der Waals surface area contributed by atoms with Crippen LogP contribution in [0.2, 0.25) is 0 Å². The number of carbonyl (C=O) groups is 1. The van der Waals surface area contributed by atoms with E-state index in [2.05, 4.69) is 36.3 Å². The molecular weight excluding hydrogens is 386 g/mol. The highest BCUT2D eigenvalue weighted by atomic mass is 35.5. The molecular formula is C16H20ClN9O2. The number of ether oxygens (including phenoxy) is 1. The largest absolute Gasteiger partial charge is 0.422 e. The molecule has 1 aliphatic carbocycles. The van der Waals surface area contributed by atoms with Crippen LogP contribution in [0.3, 0.4) is 0 Å². The predicted octanol–water partition coefficient (Wildman–Crippen LogP) is 1.70. The summed E-state index contributed by atoms with van der Waals surface area (Å²) in [5, 5.41) is 24.0. The minimum absolute atomic E-state index is 0. The second kappa shape index (κ2) is 8.76. The van der Waals surface area contributed by atoms with Gasteiger partial charge in [-0.1, -0.05) is 15.4 Å². The lowest BCUT2D eigenvalue weighted by atomic mass is 9.92. The molecule has 2 aromatic heterocycles. The van der Waals surface area contributed by atoms with Crippen LogP contribution in [-0.4, -0.2) is 47.6 Å². The Kier molecular flexibility index (Phi) is 6.16. The average molecular weight is 406 g/mol. The van der Waals surface area contributed by atoms with E-state index in [9.17, 15) is 4.79 Å². The van der Waals surface area contributed by atoms with Gasteiger partial charge in [-0.05, 0) is 55.2 Å². The molecule has 3 aromatic rings.